The number of rotatable bonds is 2. The molecular formula is C12H11ClIN3S. The summed E-state index contributed by atoms with van der Waals surface area (Å²) in [5, 5.41) is 0.566. The quantitative estimate of drug-likeness (QED) is 0.558. The molecular weight excluding hydrogens is 381 g/mol. The summed E-state index contributed by atoms with van der Waals surface area (Å²) < 4.78 is 1.01. The van der Waals surface area contributed by atoms with Gasteiger partial charge in [0.15, 0.2) is 5.82 Å². The van der Waals surface area contributed by atoms with Crippen molar-refractivity contribution in [3.8, 4) is 10.7 Å². The SMILES string of the molecule is Clc1nc(-c2cncs2)nc(C2CCCC2)c1I. The van der Waals surface area contributed by atoms with E-state index in [4.69, 9.17) is 16.6 Å². The van der Waals surface area contributed by atoms with Gasteiger partial charge in [-0.2, -0.15) is 0 Å². The summed E-state index contributed by atoms with van der Waals surface area (Å²) in [7, 11) is 0. The van der Waals surface area contributed by atoms with Crippen molar-refractivity contribution >= 4 is 45.5 Å². The Morgan fingerprint density at radius 1 is 1.28 bits per heavy atom. The van der Waals surface area contributed by atoms with E-state index in [1.54, 1.807) is 23.0 Å². The van der Waals surface area contributed by atoms with Crippen LogP contribution in [0.5, 0.6) is 0 Å². The van der Waals surface area contributed by atoms with Crippen molar-refractivity contribution in [2.24, 2.45) is 0 Å². The van der Waals surface area contributed by atoms with Gasteiger partial charge in [-0.25, -0.2) is 9.97 Å². The molecule has 2 aromatic rings. The van der Waals surface area contributed by atoms with E-state index in [1.807, 2.05) is 0 Å². The summed E-state index contributed by atoms with van der Waals surface area (Å²) in [5.74, 6) is 1.26. The molecule has 0 aromatic carbocycles. The number of thiazole rings is 1. The van der Waals surface area contributed by atoms with Gasteiger partial charge in [-0.3, -0.25) is 4.98 Å². The molecule has 0 spiro atoms. The van der Waals surface area contributed by atoms with Crippen molar-refractivity contribution < 1.29 is 0 Å². The second-order valence-corrected chi connectivity index (χ2v) is 6.71. The van der Waals surface area contributed by atoms with Crippen molar-refractivity contribution in [1.29, 1.82) is 0 Å². The fourth-order valence-electron chi connectivity index (χ4n) is 2.34. The lowest BCUT2D eigenvalue weighted by Crippen LogP contribution is -2.04. The summed E-state index contributed by atoms with van der Waals surface area (Å²) in [6.07, 6.45) is 6.80. The van der Waals surface area contributed by atoms with Gasteiger partial charge in [0.2, 0.25) is 0 Å². The molecule has 1 aliphatic carbocycles. The first-order valence-electron chi connectivity index (χ1n) is 5.87. The van der Waals surface area contributed by atoms with Gasteiger partial charge in [-0.15, -0.1) is 11.3 Å². The lowest BCUT2D eigenvalue weighted by atomic mass is 10.0. The van der Waals surface area contributed by atoms with Gasteiger partial charge in [-0.1, -0.05) is 24.4 Å². The van der Waals surface area contributed by atoms with Gasteiger partial charge in [-0.05, 0) is 35.4 Å². The average molecular weight is 392 g/mol. The highest BCUT2D eigenvalue weighted by molar-refractivity contribution is 14.1. The van der Waals surface area contributed by atoms with Crippen molar-refractivity contribution in [2.75, 3.05) is 0 Å². The minimum Gasteiger partial charge on any atom is -0.252 e. The van der Waals surface area contributed by atoms with Crippen LogP contribution in [0.1, 0.15) is 37.3 Å². The molecule has 0 amide bonds. The van der Waals surface area contributed by atoms with Crippen molar-refractivity contribution in [3.05, 3.63) is 26.1 Å². The van der Waals surface area contributed by atoms with E-state index >= 15 is 0 Å². The first kappa shape index (κ1) is 12.7. The van der Waals surface area contributed by atoms with E-state index in [0.717, 1.165) is 14.1 Å². The second kappa shape index (κ2) is 5.38. The summed E-state index contributed by atoms with van der Waals surface area (Å²) >= 11 is 10.0. The summed E-state index contributed by atoms with van der Waals surface area (Å²) in [6.45, 7) is 0. The Morgan fingerprint density at radius 3 is 2.72 bits per heavy atom. The molecule has 6 heteroatoms. The zero-order chi connectivity index (χ0) is 12.5. The standard InChI is InChI=1S/C12H11ClIN3S/c13-11-9(14)10(7-3-1-2-4-7)16-12(17-11)8-5-15-6-18-8/h5-7H,1-4H2. The van der Waals surface area contributed by atoms with Gasteiger partial charge in [0.05, 0.1) is 19.7 Å². The predicted molar refractivity (Wildman–Crippen MR) is 82.1 cm³/mol. The largest absolute Gasteiger partial charge is 0.252 e. The fourth-order valence-corrected chi connectivity index (χ4v) is 3.75. The highest BCUT2D eigenvalue weighted by Gasteiger charge is 2.23. The number of nitrogens with zero attached hydrogens (tertiary/aromatic N) is 3. The van der Waals surface area contributed by atoms with Crippen molar-refractivity contribution in [2.45, 2.75) is 31.6 Å². The molecule has 94 valence electrons. The molecule has 2 heterocycles. The molecule has 3 rings (SSSR count). The zero-order valence-electron chi connectivity index (χ0n) is 9.57. The lowest BCUT2D eigenvalue weighted by molar-refractivity contribution is 0.690. The first-order chi connectivity index (χ1) is 8.75. The Morgan fingerprint density at radius 2 is 2.06 bits per heavy atom. The summed E-state index contributed by atoms with van der Waals surface area (Å²) in [6, 6.07) is 0. The van der Waals surface area contributed by atoms with Crippen LogP contribution in [0.2, 0.25) is 5.15 Å². The zero-order valence-corrected chi connectivity index (χ0v) is 13.3. The molecule has 0 aliphatic heterocycles. The van der Waals surface area contributed by atoms with E-state index in [-0.39, 0.29) is 0 Å². The smallest absolute Gasteiger partial charge is 0.172 e. The van der Waals surface area contributed by atoms with Crippen LogP contribution in [0.25, 0.3) is 10.7 Å². The number of halogens is 2. The molecule has 18 heavy (non-hydrogen) atoms. The second-order valence-electron chi connectivity index (χ2n) is 4.38. The van der Waals surface area contributed by atoms with Crippen LogP contribution in [0.3, 0.4) is 0 Å². The predicted octanol–water partition coefficient (Wildman–Crippen LogP) is 4.52. The molecule has 1 aliphatic rings. The first-order valence-corrected chi connectivity index (χ1v) is 8.21. The van der Waals surface area contributed by atoms with Gasteiger partial charge < -0.3 is 0 Å². The summed E-state index contributed by atoms with van der Waals surface area (Å²) in [4.78, 5) is 14.1. The van der Waals surface area contributed by atoms with Crippen LogP contribution in [-0.4, -0.2) is 15.0 Å². The Bertz CT molecular complexity index is 553. The molecule has 0 bridgehead atoms. The van der Waals surface area contributed by atoms with E-state index in [9.17, 15) is 0 Å². The van der Waals surface area contributed by atoms with Gasteiger partial charge >= 0.3 is 0 Å². The number of hydrogen-bond donors (Lipinski definition) is 0. The Hall–Kier alpha value is -0.270. The molecule has 3 nitrogen and oxygen atoms in total. The normalized spacial score (nSPS) is 16.3. The third-order valence-electron chi connectivity index (χ3n) is 3.23. The van der Waals surface area contributed by atoms with Gasteiger partial charge in [0.25, 0.3) is 0 Å². The highest BCUT2D eigenvalue weighted by atomic mass is 127. The highest BCUT2D eigenvalue weighted by Crippen LogP contribution is 2.37. The minimum atomic E-state index is 0.545. The average Bonchev–Trinajstić information content (AvgIpc) is 3.03. The van der Waals surface area contributed by atoms with E-state index in [1.165, 1.54) is 25.7 Å². The van der Waals surface area contributed by atoms with E-state index in [2.05, 4.69) is 32.6 Å². The molecule has 0 N–H and O–H groups in total. The molecule has 0 atom stereocenters. The van der Waals surface area contributed by atoms with Crippen LogP contribution >= 0.6 is 45.5 Å². The molecule has 1 saturated carbocycles. The maximum atomic E-state index is 6.24. The Kier molecular flexibility index (Phi) is 3.81. The van der Waals surface area contributed by atoms with Crippen molar-refractivity contribution in [1.82, 2.24) is 15.0 Å². The van der Waals surface area contributed by atoms with Crippen LogP contribution in [0.15, 0.2) is 11.7 Å². The molecule has 0 unspecified atom stereocenters. The van der Waals surface area contributed by atoms with E-state index < -0.39 is 0 Å². The summed E-state index contributed by atoms with van der Waals surface area (Å²) in [5.41, 5.74) is 2.91. The maximum Gasteiger partial charge on any atom is 0.172 e. The monoisotopic (exact) mass is 391 g/mol. The molecule has 2 aromatic heterocycles. The topological polar surface area (TPSA) is 38.7 Å². The van der Waals surface area contributed by atoms with Crippen LogP contribution in [0.4, 0.5) is 0 Å². The van der Waals surface area contributed by atoms with Crippen LogP contribution < -0.4 is 0 Å². The fraction of sp³-hybridized carbons (Fsp3) is 0.417. The van der Waals surface area contributed by atoms with Crippen molar-refractivity contribution in [3.63, 3.8) is 0 Å². The lowest BCUT2D eigenvalue weighted by Gasteiger charge is -2.12. The van der Waals surface area contributed by atoms with Crippen LogP contribution in [-0.2, 0) is 0 Å². The minimum absolute atomic E-state index is 0.545. The van der Waals surface area contributed by atoms with Crippen LogP contribution in [0, 0.1) is 3.57 Å². The molecule has 0 radical (unpaired) electrons. The van der Waals surface area contributed by atoms with Gasteiger partial charge in [0.1, 0.15) is 5.15 Å². The number of aromatic nitrogens is 3. The molecule has 0 saturated heterocycles. The third kappa shape index (κ3) is 2.40. The third-order valence-corrected chi connectivity index (χ3v) is 5.66. The number of hydrogen-bond acceptors (Lipinski definition) is 4. The van der Waals surface area contributed by atoms with E-state index in [0.29, 0.717) is 16.9 Å². The Labute approximate surface area is 128 Å². The maximum absolute atomic E-state index is 6.24. The molecule has 1 fully saturated rings. The van der Waals surface area contributed by atoms with Gasteiger partial charge in [0, 0.05) is 12.1 Å². The Balaban J connectivity index is 2.07.